The normalized spacial score (nSPS) is 19.2. The van der Waals surface area contributed by atoms with E-state index < -0.39 is 0 Å². The van der Waals surface area contributed by atoms with Gasteiger partial charge in [-0.05, 0) is 25.8 Å². The summed E-state index contributed by atoms with van der Waals surface area (Å²) in [5.74, 6) is 2.74. The molecular formula is C21H31N7O2. The van der Waals surface area contributed by atoms with Crippen LogP contribution in [0.1, 0.15) is 50.5 Å². The molecule has 0 aromatic carbocycles. The first-order valence-electron chi connectivity index (χ1n) is 10.9. The van der Waals surface area contributed by atoms with Crippen molar-refractivity contribution in [3.8, 4) is 0 Å². The molecule has 0 spiro atoms. The van der Waals surface area contributed by atoms with Gasteiger partial charge < -0.3 is 19.9 Å². The molecule has 1 N–H and O–H groups in total. The Morgan fingerprint density at radius 3 is 2.80 bits per heavy atom. The number of amides is 1. The van der Waals surface area contributed by atoms with E-state index in [1.807, 2.05) is 12.3 Å². The smallest absolute Gasteiger partial charge is 0.227 e. The number of nitrogens with zero attached hydrogens (tertiary/aromatic N) is 6. The molecule has 4 heterocycles. The summed E-state index contributed by atoms with van der Waals surface area (Å²) in [6.45, 7) is 9.78. The van der Waals surface area contributed by atoms with Gasteiger partial charge >= 0.3 is 0 Å². The van der Waals surface area contributed by atoms with Gasteiger partial charge in [0, 0.05) is 44.4 Å². The first-order valence-corrected chi connectivity index (χ1v) is 10.9. The van der Waals surface area contributed by atoms with Crippen molar-refractivity contribution >= 4 is 17.7 Å². The number of morpholine rings is 1. The van der Waals surface area contributed by atoms with Crippen molar-refractivity contribution in [2.75, 3.05) is 49.2 Å². The molecule has 4 rings (SSSR count). The van der Waals surface area contributed by atoms with Gasteiger partial charge in [-0.1, -0.05) is 13.0 Å². The van der Waals surface area contributed by atoms with Crippen molar-refractivity contribution in [3.63, 3.8) is 0 Å². The minimum atomic E-state index is -0.0948. The van der Waals surface area contributed by atoms with Crippen LogP contribution in [-0.2, 0) is 16.1 Å². The number of carbonyl (C=O) groups excluding carboxylic acids is 1. The Hall–Kier alpha value is -2.68. The van der Waals surface area contributed by atoms with Gasteiger partial charge in [0.2, 0.25) is 11.9 Å². The van der Waals surface area contributed by atoms with Crippen LogP contribution >= 0.6 is 0 Å². The number of anilines is 2. The molecule has 2 aromatic heterocycles. The second-order valence-electron chi connectivity index (χ2n) is 7.77. The summed E-state index contributed by atoms with van der Waals surface area (Å²) in [4.78, 5) is 21.1. The number of carbonyl (C=O) groups is 1. The summed E-state index contributed by atoms with van der Waals surface area (Å²) in [5, 5.41) is 12.1. The average molecular weight is 414 g/mol. The number of ether oxygens (including phenoxy) is 1. The lowest BCUT2D eigenvalue weighted by Gasteiger charge is -2.30. The largest absolute Gasteiger partial charge is 0.378 e. The zero-order chi connectivity index (χ0) is 20.9. The van der Waals surface area contributed by atoms with Gasteiger partial charge in [0.05, 0.1) is 25.8 Å². The minimum Gasteiger partial charge on any atom is -0.378 e. The van der Waals surface area contributed by atoms with E-state index in [4.69, 9.17) is 4.74 Å². The third-order valence-electron chi connectivity index (χ3n) is 5.73. The quantitative estimate of drug-likeness (QED) is 0.705. The van der Waals surface area contributed by atoms with Crippen molar-refractivity contribution in [3.05, 3.63) is 29.7 Å². The Morgan fingerprint density at radius 1 is 1.27 bits per heavy atom. The molecule has 9 heteroatoms. The monoisotopic (exact) mass is 413 g/mol. The van der Waals surface area contributed by atoms with Crippen LogP contribution in [0.25, 0.3) is 0 Å². The number of aromatic nitrogens is 4. The van der Waals surface area contributed by atoms with Gasteiger partial charge in [-0.25, -0.2) is 4.98 Å². The van der Waals surface area contributed by atoms with Crippen LogP contribution in [0.4, 0.5) is 11.8 Å². The van der Waals surface area contributed by atoms with Crippen LogP contribution in [0.3, 0.4) is 0 Å². The van der Waals surface area contributed by atoms with Gasteiger partial charge in [0.1, 0.15) is 5.82 Å². The van der Waals surface area contributed by atoms with E-state index in [0.717, 1.165) is 62.2 Å². The van der Waals surface area contributed by atoms with Crippen molar-refractivity contribution in [1.82, 2.24) is 25.1 Å². The predicted molar refractivity (Wildman–Crippen MR) is 115 cm³/mol. The molecule has 1 amide bonds. The molecule has 162 valence electrons. The predicted octanol–water partition coefficient (Wildman–Crippen LogP) is 1.75. The van der Waals surface area contributed by atoms with Gasteiger partial charge in [-0.3, -0.25) is 9.36 Å². The summed E-state index contributed by atoms with van der Waals surface area (Å²) in [5.41, 5.74) is 1.12. The fraction of sp³-hybridized carbons (Fsp3) is 0.619. The topological polar surface area (TPSA) is 88.4 Å². The Bertz CT molecular complexity index is 863. The van der Waals surface area contributed by atoms with Crippen LogP contribution in [0, 0.1) is 0 Å². The van der Waals surface area contributed by atoms with Crippen molar-refractivity contribution in [2.24, 2.45) is 0 Å². The molecule has 30 heavy (non-hydrogen) atoms. The molecule has 2 aliphatic heterocycles. The summed E-state index contributed by atoms with van der Waals surface area (Å²) in [6.07, 6.45) is 4.16. The summed E-state index contributed by atoms with van der Waals surface area (Å²) >= 11 is 0. The first kappa shape index (κ1) is 20.6. The van der Waals surface area contributed by atoms with E-state index in [2.05, 4.69) is 54.8 Å². The molecule has 0 bridgehead atoms. The highest BCUT2D eigenvalue weighted by Gasteiger charge is 2.30. The van der Waals surface area contributed by atoms with Crippen LogP contribution in [0.15, 0.2) is 18.3 Å². The molecule has 2 aliphatic rings. The summed E-state index contributed by atoms with van der Waals surface area (Å²) in [6, 6.07) is 4.00. The van der Waals surface area contributed by atoms with Gasteiger partial charge in [-0.2, -0.15) is 0 Å². The number of hydrogen-bond donors (Lipinski definition) is 1. The Labute approximate surface area is 177 Å². The van der Waals surface area contributed by atoms with Gasteiger partial charge in [0.25, 0.3) is 0 Å². The maximum Gasteiger partial charge on any atom is 0.227 e. The van der Waals surface area contributed by atoms with Crippen LogP contribution in [-0.4, -0.2) is 65.0 Å². The van der Waals surface area contributed by atoms with E-state index in [9.17, 15) is 4.79 Å². The van der Waals surface area contributed by atoms with Crippen LogP contribution < -0.4 is 15.1 Å². The molecule has 0 radical (unpaired) electrons. The second-order valence-corrected chi connectivity index (χ2v) is 7.77. The molecule has 0 aliphatic carbocycles. The molecule has 2 fully saturated rings. The zero-order valence-electron chi connectivity index (χ0n) is 17.9. The van der Waals surface area contributed by atoms with E-state index >= 15 is 0 Å². The highest BCUT2D eigenvalue weighted by atomic mass is 16.5. The van der Waals surface area contributed by atoms with E-state index in [0.29, 0.717) is 26.2 Å². The molecule has 1 atom stereocenters. The molecule has 1 unspecified atom stereocenters. The summed E-state index contributed by atoms with van der Waals surface area (Å²) < 4.78 is 7.68. The molecule has 0 saturated carbocycles. The molecule has 2 saturated heterocycles. The highest BCUT2D eigenvalue weighted by Crippen LogP contribution is 2.28. The maximum absolute atomic E-state index is 11.8. The molecular weight excluding hydrogens is 382 g/mol. The van der Waals surface area contributed by atoms with Crippen molar-refractivity contribution in [2.45, 2.75) is 45.7 Å². The Kier molecular flexibility index (Phi) is 6.47. The fourth-order valence-corrected chi connectivity index (χ4v) is 4.21. The van der Waals surface area contributed by atoms with Crippen molar-refractivity contribution < 1.29 is 9.53 Å². The SMILES string of the molecule is CCCN(CC)c1nnc(C2CCC(=O)N2)n1Cc1cccnc1N1CCOCC1. The highest BCUT2D eigenvalue weighted by molar-refractivity contribution is 5.78. The number of rotatable bonds is 8. The number of nitrogens with one attached hydrogen (secondary N) is 1. The fourth-order valence-electron chi connectivity index (χ4n) is 4.21. The lowest BCUT2D eigenvalue weighted by molar-refractivity contribution is -0.119. The number of hydrogen-bond acceptors (Lipinski definition) is 7. The minimum absolute atomic E-state index is 0.0763. The second kappa shape index (κ2) is 9.42. The summed E-state index contributed by atoms with van der Waals surface area (Å²) in [7, 11) is 0. The van der Waals surface area contributed by atoms with Gasteiger partial charge in [0.15, 0.2) is 5.82 Å². The van der Waals surface area contributed by atoms with E-state index in [-0.39, 0.29) is 11.9 Å². The third-order valence-corrected chi connectivity index (χ3v) is 5.73. The average Bonchev–Trinajstić information content (AvgIpc) is 3.39. The van der Waals surface area contributed by atoms with Crippen molar-refractivity contribution in [1.29, 1.82) is 0 Å². The standard InChI is InChI=1S/C21H31N7O2/c1-3-10-26(4-2)21-25-24-20(17-7-8-18(29)23-17)28(21)15-16-6-5-9-22-19(16)27-11-13-30-14-12-27/h5-6,9,17H,3-4,7-8,10-15H2,1-2H3,(H,23,29). The zero-order valence-corrected chi connectivity index (χ0v) is 17.9. The molecule has 9 nitrogen and oxygen atoms in total. The Morgan fingerprint density at radius 2 is 2.10 bits per heavy atom. The van der Waals surface area contributed by atoms with E-state index in [1.54, 1.807) is 0 Å². The Balaban J connectivity index is 1.70. The van der Waals surface area contributed by atoms with Crippen LogP contribution in [0.5, 0.6) is 0 Å². The first-order chi connectivity index (χ1) is 14.7. The van der Waals surface area contributed by atoms with Crippen LogP contribution in [0.2, 0.25) is 0 Å². The lowest BCUT2D eigenvalue weighted by Crippen LogP contribution is -2.37. The maximum atomic E-state index is 11.8. The molecule has 2 aromatic rings. The van der Waals surface area contributed by atoms with E-state index in [1.165, 1.54) is 0 Å². The lowest BCUT2D eigenvalue weighted by atomic mass is 10.2. The van der Waals surface area contributed by atoms with Gasteiger partial charge in [-0.15, -0.1) is 10.2 Å². The third kappa shape index (κ3) is 4.26. The number of pyridine rings is 1.